The van der Waals surface area contributed by atoms with E-state index in [9.17, 15) is 14.3 Å². The van der Waals surface area contributed by atoms with Gasteiger partial charge in [0.1, 0.15) is 11.6 Å². The highest BCUT2D eigenvalue weighted by Crippen LogP contribution is 2.26. The van der Waals surface area contributed by atoms with Gasteiger partial charge in [-0.2, -0.15) is 4.98 Å². The zero-order valence-electron chi connectivity index (χ0n) is 18.3. The molecule has 3 N–H and O–H groups in total. The van der Waals surface area contributed by atoms with E-state index in [1.807, 2.05) is 0 Å². The van der Waals surface area contributed by atoms with Crippen LogP contribution in [0.15, 0.2) is 54.7 Å². The highest BCUT2D eigenvalue weighted by atomic mass is 35.5. The monoisotopic (exact) mass is 491 g/mol. The number of nitrogens with one attached hydrogen (secondary N) is 2. The molecule has 1 atom stereocenters. The second-order valence-corrected chi connectivity index (χ2v) is 8.81. The summed E-state index contributed by atoms with van der Waals surface area (Å²) < 4.78 is 13.5. The van der Waals surface area contributed by atoms with Crippen LogP contribution in [0.4, 0.5) is 26.6 Å². The summed E-state index contributed by atoms with van der Waals surface area (Å²) in [7, 11) is 0. The van der Waals surface area contributed by atoms with Gasteiger partial charge in [-0.25, -0.2) is 19.1 Å². The average molecular weight is 492 g/mol. The molecule has 1 heterocycles. The molecule has 0 fully saturated rings. The fourth-order valence-electron chi connectivity index (χ4n) is 2.77. The Morgan fingerprint density at radius 2 is 1.88 bits per heavy atom. The first-order valence-electron chi connectivity index (χ1n) is 10.1. The Hall–Kier alpha value is -2.94. The van der Waals surface area contributed by atoms with Crippen molar-refractivity contribution in [3.8, 4) is 0 Å². The molecule has 3 rings (SSSR count). The van der Waals surface area contributed by atoms with Gasteiger partial charge in [0.15, 0.2) is 0 Å². The first-order valence-corrected chi connectivity index (χ1v) is 10.9. The molecule has 0 spiro atoms. The number of aromatic nitrogens is 2. The molecular formula is C23H24Cl2FN5O2. The van der Waals surface area contributed by atoms with Crippen molar-refractivity contribution < 1.29 is 14.3 Å². The van der Waals surface area contributed by atoms with E-state index >= 15 is 0 Å². The van der Waals surface area contributed by atoms with E-state index in [1.54, 1.807) is 45.0 Å². The van der Waals surface area contributed by atoms with Crippen molar-refractivity contribution in [3.05, 3.63) is 76.2 Å². The molecule has 33 heavy (non-hydrogen) atoms. The average Bonchev–Trinajstić information content (AvgIpc) is 2.74. The first-order chi connectivity index (χ1) is 15.5. The topological polar surface area (TPSA) is 90.4 Å². The van der Waals surface area contributed by atoms with Gasteiger partial charge in [-0.1, -0.05) is 29.3 Å². The lowest BCUT2D eigenvalue weighted by Crippen LogP contribution is -2.40. The molecule has 10 heteroatoms. The highest BCUT2D eigenvalue weighted by Gasteiger charge is 2.24. The molecular weight excluding hydrogens is 468 g/mol. The van der Waals surface area contributed by atoms with Gasteiger partial charge in [0.2, 0.25) is 5.95 Å². The van der Waals surface area contributed by atoms with Gasteiger partial charge >= 0.3 is 6.03 Å². The fraction of sp³-hybridized carbons (Fsp3) is 0.261. The third kappa shape index (κ3) is 6.54. The Bertz CT molecular complexity index is 1120. The number of hydrogen-bond donors (Lipinski definition) is 3. The van der Waals surface area contributed by atoms with Crippen LogP contribution in [-0.2, 0) is 6.54 Å². The zero-order chi connectivity index (χ0) is 24.2. The second-order valence-electron chi connectivity index (χ2n) is 7.96. The maximum Gasteiger partial charge on any atom is 0.327 e. The third-order valence-electron chi connectivity index (χ3n) is 5.01. The van der Waals surface area contributed by atoms with Crippen LogP contribution in [0.5, 0.6) is 0 Å². The lowest BCUT2D eigenvalue weighted by Gasteiger charge is -2.27. The molecule has 7 nitrogen and oxygen atoms in total. The number of halogens is 3. The number of benzene rings is 2. The molecule has 0 radical (unpaired) electrons. The van der Waals surface area contributed by atoms with E-state index in [4.69, 9.17) is 23.2 Å². The smallest absolute Gasteiger partial charge is 0.327 e. The number of rotatable bonds is 7. The Morgan fingerprint density at radius 1 is 1.18 bits per heavy atom. The molecule has 0 aliphatic carbocycles. The van der Waals surface area contributed by atoms with E-state index in [-0.39, 0.29) is 24.4 Å². The van der Waals surface area contributed by atoms with Crippen molar-refractivity contribution in [3.63, 3.8) is 0 Å². The zero-order valence-corrected chi connectivity index (χ0v) is 19.8. The predicted octanol–water partition coefficient (Wildman–Crippen LogP) is 5.54. The lowest BCUT2D eigenvalue weighted by molar-refractivity contribution is 0.0646. The Labute approximate surface area is 201 Å². The van der Waals surface area contributed by atoms with Gasteiger partial charge in [0.05, 0.1) is 17.3 Å². The van der Waals surface area contributed by atoms with Crippen LogP contribution in [0.25, 0.3) is 0 Å². The quantitative estimate of drug-likeness (QED) is 0.403. The number of anilines is 3. The summed E-state index contributed by atoms with van der Waals surface area (Å²) in [5.41, 5.74) is 0.0550. The Balaban J connectivity index is 1.89. The van der Waals surface area contributed by atoms with Crippen LogP contribution in [0.3, 0.4) is 0 Å². The van der Waals surface area contributed by atoms with Crippen LogP contribution in [0.2, 0.25) is 10.0 Å². The van der Waals surface area contributed by atoms with Crippen LogP contribution >= 0.6 is 23.2 Å². The summed E-state index contributed by atoms with van der Waals surface area (Å²) in [4.78, 5) is 23.1. The van der Waals surface area contributed by atoms with Crippen LogP contribution in [0, 0.1) is 5.82 Å². The summed E-state index contributed by atoms with van der Waals surface area (Å²) in [6.07, 6.45) is 1.49. The van der Waals surface area contributed by atoms with Crippen molar-refractivity contribution in [1.82, 2.24) is 15.3 Å². The molecule has 0 unspecified atom stereocenters. The number of carbonyl (C=O) groups is 1. The van der Waals surface area contributed by atoms with E-state index in [0.29, 0.717) is 21.3 Å². The molecule has 0 aliphatic rings. The molecule has 0 saturated carbocycles. The van der Waals surface area contributed by atoms with Crippen molar-refractivity contribution in [2.24, 2.45) is 0 Å². The van der Waals surface area contributed by atoms with Gasteiger partial charge < -0.3 is 15.7 Å². The summed E-state index contributed by atoms with van der Waals surface area (Å²) in [6, 6.07) is 11.1. The minimum Gasteiger partial charge on any atom is -0.388 e. The summed E-state index contributed by atoms with van der Waals surface area (Å²) in [6.45, 7) is 5.25. The van der Waals surface area contributed by atoms with Crippen LogP contribution in [0.1, 0.15) is 26.3 Å². The third-order valence-corrected chi connectivity index (χ3v) is 5.60. The number of amides is 2. The highest BCUT2D eigenvalue weighted by molar-refractivity contribution is 6.35. The van der Waals surface area contributed by atoms with Gasteiger partial charge in [0, 0.05) is 28.9 Å². The molecule has 0 aliphatic heterocycles. The van der Waals surface area contributed by atoms with Crippen molar-refractivity contribution in [2.75, 3.05) is 10.2 Å². The van der Waals surface area contributed by atoms with Gasteiger partial charge in [-0.15, -0.1) is 0 Å². The van der Waals surface area contributed by atoms with Crippen LogP contribution in [-0.4, -0.2) is 32.7 Å². The predicted molar refractivity (Wildman–Crippen MR) is 129 cm³/mol. The standard InChI is InChI=1S/C23H24Cl2FN5O2/c1-14(23(2,3)33)29-21-27-11-10-20(30-21)31(18-8-6-17(26)7-9-18)22(32)28-13-15-4-5-16(24)12-19(15)25/h4-12,14,33H,13H2,1-3H3,(H,28,32)(H,27,29,30)/t14-/m0/s1. The Morgan fingerprint density at radius 3 is 2.52 bits per heavy atom. The number of carbonyl (C=O) groups excluding carboxylic acids is 1. The summed E-state index contributed by atoms with van der Waals surface area (Å²) in [5.74, 6) is 0.0423. The Kier molecular flexibility index (Phi) is 7.73. The van der Waals surface area contributed by atoms with Gasteiger partial charge in [-0.3, -0.25) is 0 Å². The van der Waals surface area contributed by atoms with E-state index in [2.05, 4.69) is 20.6 Å². The largest absolute Gasteiger partial charge is 0.388 e. The minimum absolute atomic E-state index is 0.137. The van der Waals surface area contributed by atoms with E-state index in [1.165, 1.54) is 35.4 Å². The number of urea groups is 1. The SMILES string of the molecule is C[C@H](Nc1nccc(N(C(=O)NCc2ccc(Cl)cc2Cl)c2ccc(F)cc2)n1)C(C)(C)O. The van der Waals surface area contributed by atoms with Crippen LogP contribution < -0.4 is 15.5 Å². The van der Waals surface area contributed by atoms with Gasteiger partial charge in [-0.05, 0) is 62.7 Å². The molecule has 2 amide bonds. The van der Waals surface area contributed by atoms with Crippen molar-refractivity contribution >= 4 is 46.7 Å². The summed E-state index contributed by atoms with van der Waals surface area (Å²) in [5, 5.41) is 16.9. The lowest BCUT2D eigenvalue weighted by atomic mass is 10.0. The molecule has 3 aromatic rings. The van der Waals surface area contributed by atoms with Crippen molar-refractivity contribution in [1.29, 1.82) is 0 Å². The van der Waals surface area contributed by atoms with Crippen molar-refractivity contribution in [2.45, 2.75) is 39.0 Å². The maximum absolute atomic E-state index is 13.5. The number of hydrogen-bond acceptors (Lipinski definition) is 5. The van der Waals surface area contributed by atoms with Gasteiger partial charge in [0.25, 0.3) is 0 Å². The molecule has 0 saturated heterocycles. The first kappa shape index (κ1) is 24.7. The number of nitrogens with zero attached hydrogens (tertiary/aromatic N) is 3. The minimum atomic E-state index is -1.02. The second kappa shape index (κ2) is 10.3. The number of aliphatic hydroxyl groups is 1. The summed E-state index contributed by atoms with van der Waals surface area (Å²) >= 11 is 12.1. The molecule has 1 aromatic heterocycles. The molecule has 2 aromatic carbocycles. The van der Waals surface area contributed by atoms with E-state index < -0.39 is 17.4 Å². The van der Waals surface area contributed by atoms with E-state index in [0.717, 1.165) is 0 Å². The maximum atomic E-state index is 13.5. The molecule has 174 valence electrons. The fourth-order valence-corrected chi connectivity index (χ4v) is 3.25. The normalized spacial score (nSPS) is 12.2. The molecule has 0 bridgehead atoms.